The number of aryl methyl sites for hydroxylation is 1. The molecular weight excluding hydrogens is 605 g/mol. The standard InChI is InChI=1S/C32H25Cl2N5O3S/c1-20-7-13-26(16-27(20)34)36-30(40)18-42-29-14-12-24(33)15-23(29)17-35-39-31(41)22-10-8-21(9-11-22)28-19-43-32(38-28)37-25-5-3-2-4-6-25/h2-17,19H,18H2,1H3,(H,36,40)(H,37,38)(H,39,41)/b35-17+. The van der Waals surface area contributed by atoms with Crippen molar-refractivity contribution in [2.75, 3.05) is 17.2 Å². The molecule has 1 heterocycles. The van der Waals surface area contributed by atoms with Crippen LogP contribution in [-0.2, 0) is 4.79 Å². The molecule has 0 radical (unpaired) electrons. The third-order valence-electron chi connectivity index (χ3n) is 6.13. The van der Waals surface area contributed by atoms with E-state index in [0.29, 0.717) is 32.6 Å². The molecule has 43 heavy (non-hydrogen) atoms. The maximum absolute atomic E-state index is 12.7. The third kappa shape index (κ3) is 8.20. The highest BCUT2D eigenvalue weighted by Gasteiger charge is 2.10. The molecule has 0 saturated heterocycles. The molecule has 0 aliphatic rings. The van der Waals surface area contributed by atoms with Crippen LogP contribution >= 0.6 is 34.5 Å². The van der Waals surface area contributed by atoms with Gasteiger partial charge in [0, 0.05) is 43.5 Å². The van der Waals surface area contributed by atoms with Gasteiger partial charge in [0.1, 0.15) is 5.75 Å². The van der Waals surface area contributed by atoms with Crippen molar-refractivity contribution in [2.24, 2.45) is 5.10 Å². The Hall–Kier alpha value is -4.70. The maximum atomic E-state index is 12.7. The predicted molar refractivity (Wildman–Crippen MR) is 174 cm³/mol. The van der Waals surface area contributed by atoms with Crippen LogP contribution in [0.4, 0.5) is 16.5 Å². The van der Waals surface area contributed by atoms with Gasteiger partial charge in [0.25, 0.3) is 11.8 Å². The smallest absolute Gasteiger partial charge is 0.271 e. The number of hydrazone groups is 1. The SMILES string of the molecule is Cc1ccc(NC(=O)COc2ccc(Cl)cc2/C=N/NC(=O)c2ccc(-c3csc(Nc4ccccc4)n3)cc2)cc1Cl. The number of thiazole rings is 1. The van der Waals surface area contributed by atoms with E-state index in [1.807, 2.05) is 60.8 Å². The quantitative estimate of drug-likeness (QED) is 0.107. The summed E-state index contributed by atoms with van der Waals surface area (Å²) in [6.07, 6.45) is 1.40. The number of carbonyl (C=O) groups is 2. The minimum atomic E-state index is -0.395. The molecule has 3 N–H and O–H groups in total. The van der Waals surface area contributed by atoms with Crippen molar-refractivity contribution in [1.29, 1.82) is 0 Å². The highest BCUT2D eigenvalue weighted by Crippen LogP contribution is 2.27. The number of halogens is 2. The fourth-order valence-electron chi connectivity index (χ4n) is 3.89. The first kappa shape index (κ1) is 29.8. The number of para-hydroxylation sites is 1. The molecule has 4 aromatic carbocycles. The Morgan fingerprint density at radius 3 is 2.51 bits per heavy atom. The first-order valence-corrected chi connectivity index (χ1v) is 14.7. The lowest BCUT2D eigenvalue weighted by Gasteiger charge is -2.11. The van der Waals surface area contributed by atoms with E-state index in [9.17, 15) is 9.59 Å². The molecule has 2 amide bonds. The van der Waals surface area contributed by atoms with Gasteiger partial charge in [-0.05, 0) is 67.1 Å². The van der Waals surface area contributed by atoms with Crippen LogP contribution in [0.15, 0.2) is 101 Å². The van der Waals surface area contributed by atoms with Gasteiger partial charge in [-0.2, -0.15) is 5.10 Å². The van der Waals surface area contributed by atoms with Gasteiger partial charge in [-0.3, -0.25) is 9.59 Å². The van der Waals surface area contributed by atoms with Crippen LogP contribution in [0.3, 0.4) is 0 Å². The predicted octanol–water partition coefficient (Wildman–Crippen LogP) is 7.95. The zero-order valence-corrected chi connectivity index (χ0v) is 25.1. The molecule has 1 aromatic heterocycles. The molecule has 0 aliphatic carbocycles. The van der Waals surface area contributed by atoms with Crippen molar-refractivity contribution < 1.29 is 14.3 Å². The number of aromatic nitrogens is 1. The number of nitrogens with zero attached hydrogens (tertiary/aromatic N) is 2. The van der Waals surface area contributed by atoms with Crippen molar-refractivity contribution in [3.05, 3.63) is 123 Å². The van der Waals surface area contributed by atoms with Crippen LogP contribution in [0.25, 0.3) is 11.3 Å². The van der Waals surface area contributed by atoms with Gasteiger partial charge >= 0.3 is 0 Å². The second-order valence-electron chi connectivity index (χ2n) is 9.29. The summed E-state index contributed by atoms with van der Waals surface area (Å²) >= 11 is 13.8. The zero-order chi connectivity index (χ0) is 30.2. The maximum Gasteiger partial charge on any atom is 0.271 e. The molecule has 0 bridgehead atoms. The Labute approximate surface area is 262 Å². The Morgan fingerprint density at radius 2 is 1.74 bits per heavy atom. The molecule has 5 rings (SSSR count). The average molecular weight is 631 g/mol. The van der Waals surface area contributed by atoms with E-state index in [1.165, 1.54) is 17.6 Å². The summed E-state index contributed by atoms with van der Waals surface area (Å²) in [5, 5.41) is 13.8. The number of anilines is 3. The highest BCUT2D eigenvalue weighted by molar-refractivity contribution is 7.14. The number of amides is 2. The number of carbonyl (C=O) groups excluding carboxylic acids is 2. The molecule has 0 spiro atoms. The summed E-state index contributed by atoms with van der Waals surface area (Å²) < 4.78 is 5.70. The van der Waals surface area contributed by atoms with Gasteiger partial charge in [-0.25, -0.2) is 10.4 Å². The van der Waals surface area contributed by atoms with Gasteiger partial charge in [-0.1, -0.05) is 59.6 Å². The highest BCUT2D eigenvalue weighted by atomic mass is 35.5. The lowest BCUT2D eigenvalue weighted by molar-refractivity contribution is -0.118. The van der Waals surface area contributed by atoms with Gasteiger partial charge in [0.15, 0.2) is 11.7 Å². The number of rotatable bonds is 10. The average Bonchev–Trinajstić information content (AvgIpc) is 3.47. The fourth-order valence-corrected chi connectivity index (χ4v) is 4.99. The minimum absolute atomic E-state index is 0.254. The van der Waals surface area contributed by atoms with Crippen LogP contribution < -0.4 is 20.8 Å². The number of nitrogens with one attached hydrogen (secondary N) is 3. The lowest BCUT2D eigenvalue weighted by atomic mass is 10.1. The molecule has 216 valence electrons. The molecule has 0 unspecified atom stereocenters. The van der Waals surface area contributed by atoms with E-state index >= 15 is 0 Å². The lowest BCUT2D eigenvalue weighted by Crippen LogP contribution is -2.20. The third-order valence-corrected chi connectivity index (χ3v) is 7.53. The molecule has 0 fully saturated rings. The zero-order valence-electron chi connectivity index (χ0n) is 22.8. The minimum Gasteiger partial charge on any atom is -0.483 e. The van der Waals surface area contributed by atoms with Crippen molar-refractivity contribution in [2.45, 2.75) is 6.92 Å². The van der Waals surface area contributed by atoms with E-state index in [1.54, 1.807) is 42.5 Å². The Bertz CT molecular complexity index is 1780. The van der Waals surface area contributed by atoms with Crippen molar-refractivity contribution in [3.8, 4) is 17.0 Å². The summed E-state index contributed by atoms with van der Waals surface area (Å²) in [5.41, 5.74) is 7.54. The topological polar surface area (TPSA) is 105 Å². The number of hydrogen-bond acceptors (Lipinski definition) is 7. The second-order valence-corrected chi connectivity index (χ2v) is 11.0. The van der Waals surface area contributed by atoms with E-state index in [-0.39, 0.29) is 12.5 Å². The van der Waals surface area contributed by atoms with Gasteiger partial charge in [0.2, 0.25) is 0 Å². The summed E-state index contributed by atoms with van der Waals surface area (Å²) in [6.45, 7) is 1.62. The Balaban J connectivity index is 1.16. The second kappa shape index (κ2) is 14.0. The number of benzene rings is 4. The van der Waals surface area contributed by atoms with E-state index in [2.05, 4.69) is 26.1 Å². The van der Waals surface area contributed by atoms with Crippen LogP contribution in [0.2, 0.25) is 10.0 Å². The molecular formula is C32H25Cl2N5O3S. The summed E-state index contributed by atoms with van der Waals surface area (Å²) in [7, 11) is 0. The first-order valence-electron chi connectivity index (χ1n) is 13.0. The largest absolute Gasteiger partial charge is 0.483 e. The fraction of sp³-hybridized carbons (Fsp3) is 0.0625. The molecule has 8 nitrogen and oxygen atoms in total. The van der Waals surface area contributed by atoms with Crippen LogP contribution in [0, 0.1) is 6.92 Å². The van der Waals surface area contributed by atoms with Gasteiger partial charge in [0.05, 0.1) is 11.9 Å². The van der Waals surface area contributed by atoms with Crippen molar-refractivity contribution >= 4 is 69.1 Å². The first-order chi connectivity index (χ1) is 20.8. The van der Waals surface area contributed by atoms with E-state index in [0.717, 1.165) is 27.6 Å². The summed E-state index contributed by atoms with van der Waals surface area (Å²) in [5.74, 6) is -0.391. The monoisotopic (exact) mass is 629 g/mol. The van der Waals surface area contributed by atoms with Gasteiger partial charge < -0.3 is 15.4 Å². The number of hydrogen-bond donors (Lipinski definition) is 3. The Kier molecular flexibility index (Phi) is 9.68. The van der Waals surface area contributed by atoms with E-state index in [4.69, 9.17) is 27.9 Å². The molecule has 0 aliphatic heterocycles. The molecule has 0 atom stereocenters. The molecule has 5 aromatic rings. The van der Waals surface area contributed by atoms with Gasteiger partial charge in [-0.15, -0.1) is 11.3 Å². The normalized spacial score (nSPS) is 10.9. The van der Waals surface area contributed by atoms with Crippen LogP contribution in [0.5, 0.6) is 5.75 Å². The molecule has 11 heteroatoms. The molecule has 0 saturated carbocycles. The van der Waals surface area contributed by atoms with Crippen molar-refractivity contribution in [1.82, 2.24) is 10.4 Å². The Morgan fingerprint density at radius 1 is 0.953 bits per heavy atom. The summed E-state index contributed by atoms with van der Waals surface area (Å²) in [4.78, 5) is 29.7. The summed E-state index contributed by atoms with van der Waals surface area (Å²) in [6, 6.07) is 27.0. The van der Waals surface area contributed by atoms with Crippen LogP contribution in [-0.4, -0.2) is 29.6 Å². The van der Waals surface area contributed by atoms with Crippen LogP contribution in [0.1, 0.15) is 21.5 Å². The van der Waals surface area contributed by atoms with Crippen molar-refractivity contribution in [3.63, 3.8) is 0 Å². The number of ether oxygens (including phenoxy) is 1. The van der Waals surface area contributed by atoms with E-state index < -0.39 is 5.91 Å².